The van der Waals surface area contributed by atoms with Gasteiger partial charge in [0.05, 0.1) is 24.3 Å². The fourth-order valence-electron chi connectivity index (χ4n) is 4.35. The Morgan fingerprint density at radius 3 is 2.62 bits per heavy atom. The normalized spacial score (nSPS) is 23.7. The van der Waals surface area contributed by atoms with Crippen LogP contribution in [0.2, 0.25) is 0 Å². The van der Waals surface area contributed by atoms with Crippen molar-refractivity contribution in [2.45, 2.75) is 45.6 Å². The van der Waals surface area contributed by atoms with Crippen molar-refractivity contribution in [1.82, 2.24) is 4.90 Å². The van der Waals surface area contributed by atoms with Gasteiger partial charge in [0.2, 0.25) is 0 Å². The molecule has 168 valence electrons. The summed E-state index contributed by atoms with van der Waals surface area (Å²) in [5.74, 6) is 1.86. The molecule has 1 saturated heterocycles. The number of hydrogen-bond donors (Lipinski definition) is 0. The zero-order valence-electron chi connectivity index (χ0n) is 18.9. The number of carbonyl (C=O) groups is 1. The molecule has 2 fully saturated rings. The number of nitrogens with zero attached hydrogens (tertiary/aromatic N) is 2. The zero-order chi connectivity index (χ0) is 22.5. The lowest BCUT2D eigenvalue weighted by Crippen LogP contribution is -2.44. The number of methoxy groups -OCH3 is 1. The van der Waals surface area contributed by atoms with E-state index >= 15 is 0 Å². The molecule has 0 bridgehead atoms. The molecule has 1 aliphatic heterocycles. The van der Waals surface area contributed by atoms with Crippen LogP contribution >= 0.6 is 11.8 Å². The largest absolute Gasteiger partial charge is 0.493 e. The summed E-state index contributed by atoms with van der Waals surface area (Å²) in [5, 5.41) is 0.768. The van der Waals surface area contributed by atoms with Gasteiger partial charge < -0.3 is 9.47 Å². The molecule has 2 atom stereocenters. The SMILES string of the molecule is CCOc1ccc(/C=C2\SC(=Nc3ccccc3)N([C@@H]3CCCC[C@H]3C)C2=O)cc1OC. The van der Waals surface area contributed by atoms with Crippen LogP contribution in [0.5, 0.6) is 11.5 Å². The lowest BCUT2D eigenvalue weighted by Gasteiger charge is -2.35. The van der Waals surface area contributed by atoms with Crippen molar-refractivity contribution in [2.75, 3.05) is 13.7 Å². The molecule has 1 heterocycles. The fraction of sp³-hybridized carbons (Fsp3) is 0.385. The van der Waals surface area contributed by atoms with E-state index in [-0.39, 0.29) is 11.9 Å². The van der Waals surface area contributed by atoms with Crippen molar-refractivity contribution < 1.29 is 14.3 Å². The predicted molar refractivity (Wildman–Crippen MR) is 132 cm³/mol. The quantitative estimate of drug-likeness (QED) is 0.486. The van der Waals surface area contributed by atoms with Gasteiger partial charge in [0, 0.05) is 6.04 Å². The average Bonchev–Trinajstić information content (AvgIpc) is 3.10. The molecule has 5 nitrogen and oxygen atoms in total. The van der Waals surface area contributed by atoms with E-state index in [0.717, 1.165) is 35.7 Å². The lowest BCUT2D eigenvalue weighted by atomic mass is 9.85. The first-order valence-electron chi connectivity index (χ1n) is 11.3. The van der Waals surface area contributed by atoms with Crippen LogP contribution in [0.4, 0.5) is 5.69 Å². The van der Waals surface area contributed by atoms with Gasteiger partial charge in [-0.2, -0.15) is 0 Å². The van der Waals surface area contributed by atoms with Gasteiger partial charge in [0.25, 0.3) is 5.91 Å². The Balaban J connectivity index is 1.69. The number of benzene rings is 2. The maximum atomic E-state index is 13.6. The van der Waals surface area contributed by atoms with Crippen LogP contribution in [0.3, 0.4) is 0 Å². The summed E-state index contributed by atoms with van der Waals surface area (Å²) in [6.07, 6.45) is 6.47. The molecule has 32 heavy (non-hydrogen) atoms. The number of hydrogen-bond acceptors (Lipinski definition) is 5. The highest BCUT2D eigenvalue weighted by atomic mass is 32.2. The molecular formula is C26H30N2O3S. The molecule has 6 heteroatoms. The first-order valence-corrected chi connectivity index (χ1v) is 12.1. The van der Waals surface area contributed by atoms with Crippen molar-refractivity contribution in [2.24, 2.45) is 10.9 Å². The first-order chi connectivity index (χ1) is 15.6. The van der Waals surface area contributed by atoms with Crippen LogP contribution in [0.25, 0.3) is 6.08 Å². The van der Waals surface area contributed by atoms with Gasteiger partial charge in [-0.05, 0) is 73.4 Å². The number of amides is 1. The predicted octanol–water partition coefficient (Wildman–Crippen LogP) is 6.28. The molecule has 0 spiro atoms. The summed E-state index contributed by atoms with van der Waals surface area (Å²) < 4.78 is 11.1. The minimum atomic E-state index is 0.0382. The Hall–Kier alpha value is -2.73. The van der Waals surface area contributed by atoms with Gasteiger partial charge in [0.15, 0.2) is 16.7 Å². The Morgan fingerprint density at radius 1 is 1.12 bits per heavy atom. The average molecular weight is 451 g/mol. The highest BCUT2D eigenvalue weighted by molar-refractivity contribution is 8.18. The molecule has 0 aromatic heterocycles. The highest BCUT2D eigenvalue weighted by Crippen LogP contribution is 2.40. The molecule has 2 aliphatic rings. The van der Waals surface area contributed by atoms with E-state index in [1.807, 2.05) is 66.4 Å². The monoisotopic (exact) mass is 450 g/mol. The third kappa shape index (κ3) is 4.85. The fourth-order valence-corrected chi connectivity index (χ4v) is 5.40. The van der Waals surface area contributed by atoms with E-state index in [1.54, 1.807) is 7.11 Å². The zero-order valence-corrected chi connectivity index (χ0v) is 19.7. The summed E-state index contributed by atoms with van der Waals surface area (Å²) in [7, 11) is 1.63. The van der Waals surface area contributed by atoms with Crippen LogP contribution in [0.1, 0.15) is 45.1 Å². The summed E-state index contributed by atoms with van der Waals surface area (Å²) >= 11 is 1.46. The highest BCUT2D eigenvalue weighted by Gasteiger charge is 2.41. The van der Waals surface area contributed by atoms with Crippen molar-refractivity contribution in [3.05, 3.63) is 59.0 Å². The molecule has 2 aromatic carbocycles. The smallest absolute Gasteiger partial charge is 0.267 e. The Bertz CT molecular complexity index is 1020. The first kappa shape index (κ1) is 22.5. The van der Waals surface area contributed by atoms with Crippen LogP contribution in [0, 0.1) is 5.92 Å². The summed E-state index contributed by atoms with van der Waals surface area (Å²) in [6.45, 7) is 4.76. The second kappa shape index (κ2) is 10.3. The number of para-hydroxylation sites is 1. The summed E-state index contributed by atoms with van der Waals surface area (Å²) in [6, 6.07) is 15.8. The van der Waals surface area contributed by atoms with Gasteiger partial charge in [0.1, 0.15) is 0 Å². The molecule has 1 amide bonds. The molecular weight excluding hydrogens is 420 g/mol. The van der Waals surface area contributed by atoms with E-state index in [4.69, 9.17) is 14.5 Å². The van der Waals surface area contributed by atoms with Gasteiger partial charge in [-0.15, -0.1) is 0 Å². The third-order valence-electron chi connectivity index (χ3n) is 6.00. The maximum absolute atomic E-state index is 13.6. The van der Waals surface area contributed by atoms with Crippen molar-refractivity contribution >= 4 is 34.6 Å². The Kier molecular flexibility index (Phi) is 7.20. The second-order valence-corrected chi connectivity index (χ2v) is 9.20. The molecule has 2 aromatic rings. The topological polar surface area (TPSA) is 51.1 Å². The molecule has 1 aliphatic carbocycles. The van der Waals surface area contributed by atoms with Crippen molar-refractivity contribution in [1.29, 1.82) is 0 Å². The standard InChI is InChI=1S/C26H30N2O3S/c1-4-31-22-15-14-19(16-23(22)30-3)17-24-25(29)28(21-13-9-8-10-18(21)2)26(32-24)27-20-11-6-5-7-12-20/h5-7,11-12,14-18,21H,4,8-10,13H2,1-3H3/b24-17-,27-26?/t18-,21-/m1/s1. The van der Waals surface area contributed by atoms with Gasteiger partial charge in [-0.25, -0.2) is 4.99 Å². The van der Waals surface area contributed by atoms with Crippen LogP contribution in [-0.2, 0) is 4.79 Å². The second-order valence-electron chi connectivity index (χ2n) is 8.19. The number of amidine groups is 1. The molecule has 4 rings (SSSR count). The minimum absolute atomic E-state index is 0.0382. The molecule has 1 saturated carbocycles. The molecule has 0 radical (unpaired) electrons. The minimum Gasteiger partial charge on any atom is -0.493 e. The lowest BCUT2D eigenvalue weighted by molar-refractivity contribution is -0.124. The number of rotatable bonds is 6. The van der Waals surface area contributed by atoms with Gasteiger partial charge in [-0.1, -0.05) is 44.0 Å². The van der Waals surface area contributed by atoms with Crippen molar-refractivity contribution in [3.63, 3.8) is 0 Å². The maximum Gasteiger partial charge on any atom is 0.267 e. The van der Waals surface area contributed by atoms with Crippen LogP contribution in [0.15, 0.2) is 58.4 Å². The van der Waals surface area contributed by atoms with E-state index in [9.17, 15) is 4.79 Å². The number of carbonyl (C=O) groups excluding carboxylic acids is 1. The Morgan fingerprint density at radius 2 is 1.91 bits per heavy atom. The van der Waals surface area contributed by atoms with E-state index in [2.05, 4.69) is 6.92 Å². The Labute approximate surface area is 194 Å². The van der Waals surface area contributed by atoms with Gasteiger partial charge in [-0.3, -0.25) is 9.69 Å². The molecule has 0 N–H and O–H groups in total. The molecule has 0 unspecified atom stereocenters. The number of thioether (sulfide) groups is 1. The third-order valence-corrected chi connectivity index (χ3v) is 6.98. The van der Waals surface area contributed by atoms with E-state index < -0.39 is 0 Å². The number of ether oxygens (including phenoxy) is 2. The van der Waals surface area contributed by atoms with E-state index in [1.165, 1.54) is 18.2 Å². The summed E-state index contributed by atoms with van der Waals surface area (Å²) in [4.78, 5) is 21.1. The van der Waals surface area contributed by atoms with Gasteiger partial charge >= 0.3 is 0 Å². The van der Waals surface area contributed by atoms with Crippen LogP contribution in [-0.4, -0.2) is 35.7 Å². The van der Waals surface area contributed by atoms with E-state index in [0.29, 0.717) is 28.9 Å². The van der Waals surface area contributed by atoms with Crippen molar-refractivity contribution in [3.8, 4) is 11.5 Å². The number of aliphatic imine (C=N–C) groups is 1. The van der Waals surface area contributed by atoms with Crippen LogP contribution < -0.4 is 9.47 Å². The summed E-state index contributed by atoms with van der Waals surface area (Å²) in [5.41, 5.74) is 1.76.